The Morgan fingerprint density at radius 2 is 1.97 bits per heavy atom. The van der Waals surface area contributed by atoms with Gasteiger partial charge in [0.2, 0.25) is 0 Å². The molecule has 3 aromatic rings. The number of carbonyl (C=O) groups excluding carboxylic acids is 1. The Morgan fingerprint density at radius 1 is 1.17 bits per heavy atom. The van der Waals surface area contributed by atoms with Crippen molar-refractivity contribution in [3.63, 3.8) is 0 Å². The Kier molecular flexibility index (Phi) is 4.98. The maximum absolute atomic E-state index is 13.3. The van der Waals surface area contributed by atoms with Crippen molar-refractivity contribution in [2.24, 2.45) is 0 Å². The second-order valence-electron chi connectivity index (χ2n) is 6.49. The lowest BCUT2D eigenvalue weighted by molar-refractivity contribution is 0.102. The first-order valence-electron chi connectivity index (χ1n) is 8.78. The van der Waals surface area contributed by atoms with Crippen molar-refractivity contribution in [1.29, 1.82) is 0 Å². The molecule has 1 saturated heterocycles. The third kappa shape index (κ3) is 4.10. The number of aryl methyl sites for hydroxylation is 1. The number of aromatic nitrogens is 4. The fraction of sp³-hybridized carbons (Fsp3) is 0.211. The Morgan fingerprint density at radius 3 is 2.72 bits per heavy atom. The summed E-state index contributed by atoms with van der Waals surface area (Å²) in [5.74, 6) is -1.67. The Balaban J connectivity index is 1.42. The van der Waals surface area contributed by atoms with Gasteiger partial charge in [0.15, 0.2) is 23.1 Å². The van der Waals surface area contributed by atoms with Gasteiger partial charge in [-0.2, -0.15) is 10.2 Å². The monoisotopic (exact) mass is 398 g/mol. The van der Waals surface area contributed by atoms with Crippen LogP contribution in [0.3, 0.4) is 0 Å². The number of ether oxygens (including phenoxy) is 1. The summed E-state index contributed by atoms with van der Waals surface area (Å²) in [5, 5.41) is 10.4. The first-order valence-corrected chi connectivity index (χ1v) is 8.78. The number of rotatable bonds is 5. The molecule has 3 heterocycles. The number of benzene rings is 1. The van der Waals surface area contributed by atoms with Gasteiger partial charge in [-0.05, 0) is 25.1 Å². The second-order valence-corrected chi connectivity index (χ2v) is 6.49. The number of anilines is 2. The molecule has 0 bridgehead atoms. The molecule has 1 aromatic carbocycles. The maximum Gasteiger partial charge on any atom is 0.278 e. The number of hydrogen-bond donors (Lipinski definition) is 1. The summed E-state index contributed by atoms with van der Waals surface area (Å²) < 4.78 is 32.0. The van der Waals surface area contributed by atoms with E-state index in [1.54, 1.807) is 13.0 Å². The number of nitrogens with zero attached hydrogens (tertiary/aromatic N) is 5. The SMILES string of the molecule is Cc1cc(NC(=O)c2nccnc2N2CC(Oc3ccc(F)c(F)c3)C2)cnn1. The molecular weight excluding hydrogens is 382 g/mol. The molecule has 8 nitrogen and oxygen atoms in total. The van der Waals surface area contributed by atoms with Gasteiger partial charge in [0.1, 0.15) is 11.9 Å². The van der Waals surface area contributed by atoms with E-state index in [1.165, 1.54) is 24.7 Å². The van der Waals surface area contributed by atoms with E-state index >= 15 is 0 Å². The summed E-state index contributed by atoms with van der Waals surface area (Å²) in [6, 6.07) is 5.08. The lowest BCUT2D eigenvalue weighted by atomic mass is 10.1. The van der Waals surface area contributed by atoms with E-state index in [1.807, 2.05) is 4.90 Å². The largest absolute Gasteiger partial charge is 0.487 e. The molecule has 0 radical (unpaired) electrons. The van der Waals surface area contributed by atoms with Crippen LogP contribution in [-0.2, 0) is 0 Å². The quantitative estimate of drug-likeness (QED) is 0.705. The zero-order valence-electron chi connectivity index (χ0n) is 15.3. The van der Waals surface area contributed by atoms with Crippen LogP contribution in [0.2, 0.25) is 0 Å². The van der Waals surface area contributed by atoms with Crippen LogP contribution in [0.5, 0.6) is 5.75 Å². The highest BCUT2D eigenvalue weighted by molar-refractivity contribution is 6.06. The minimum atomic E-state index is -0.965. The van der Waals surface area contributed by atoms with Crippen LogP contribution < -0.4 is 15.0 Å². The molecule has 1 aliphatic rings. The van der Waals surface area contributed by atoms with Gasteiger partial charge in [-0.25, -0.2) is 18.7 Å². The van der Waals surface area contributed by atoms with Gasteiger partial charge < -0.3 is 15.0 Å². The second kappa shape index (κ2) is 7.74. The summed E-state index contributed by atoms with van der Waals surface area (Å²) in [4.78, 5) is 22.9. The van der Waals surface area contributed by atoms with Crippen molar-refractivity contribution in [3.05, 3.63) is 65.9 Å². The first-order chi connectivity index (χ1) is 14.0. The zero-order valence-corrected chi connectivity index (χ0v) is 15.3. The van der Waals surface area contributed by atoms with E-state index in [0.29, 0.717) is 30.3 Å². The standard InChI is InChI=1S/C19H16F2N6O2/c1-11-6-12(8-24-26-11)25-19(28)17-18(23-5-4-22-17)27-9-14(10-27)29-13-2-3-15(20)16(21)7-13/h2-8,14H,9-10H2,1H3,(H,25,26,28). The highest BCUT2D eigenvalue weighted by Gasteiger charge is 2.33. The summed E-state index contributed by atoms with van der Waals surface area (Å²) >= 11 is 0. The predicted octanol–water partition coefficient (Wildman–Crippen LogP) is 2.37. The van der Waals surface area contributed by atoms with Gasteiger partial charge in [-0.15, -0.1) is 0 Å². The molecule has 0 aliphatic carbocycles. The molecule has 0 unspecified atom stereocenters. The third-order valence-corrected chi connectivity index (χ3v) is 4.27. The van der Waals surface area contributed by atoms with Crippen LogP contribution in [0.25, 0.3) is 0 Å². The molecule has 10 heteroatoms. The summed E-state index contributed by atoms with van der Waals surface area (Å²) in [6.45, 7) is 2.62. The minimum Gasteiger partial charge on any atom is -0.487 e. The molecule has 0 atom stereocenters. The van der Waals surface area contributed by atoms with Crippen molar-refractivity contribution in [2.75, 3.05) is 23.3 Å². The Labute approximate surface area is 164 Å². The predicted molar refractivity (Wildman–Crippen MR) is 99.7 cm³/mol. The molecule has 148 valence electrons. The molecule has 0 spiro atoms. The minimum absolute atomic E-state index is 0.160. The molecule has 1 aliphatic heterocycles. The molecule has 29 heavy (non-hydrogen) atoms. The van der Waals surface area contributed by atoms with Crippen molar-refractivity contribution in [2.45, 2.75) is 13.0 Å². The van der Waals surface area contributed by atoms with Gasteiger partial charge >= 0.3 is 0 Å². The van der Waals surface area contributed by atoms with Gasteiger partial charge in [0, 0.05) is 18.5 Å². The lowest BCUT2D eigenvalue weighted by Crippen LogP contribution is -2.54. The van der Waals surface area contributed by atoms with Gasteiger partial charge in [0.05, 0.1) is 30.7 Å². The van der Waals surface area contributed by atoms with E-state index in [0.717, 1.165) is 12.1 Å². The molecule has 0 saturated carbocycles. The number of amides is 1. The fourth-order valence-electron chi connectivity index (χ4n) is 2.88. The number of carbonyl (C=O) groups is 1. The molecule has 1 fully saturated rings. The Hall–Kier alpha value is -3.69. The van der Waals surface area contributed by atoms with Crippen LogP contribution in [0.15, 0.2) is 42.9 Å². The highest BCUT2D eigenvalue weighted by Crippen LogP contribution is 2.26. The van der Waals surface area contributed by atoms with Crippen LogP contribution in [-0.4, -0.2) is 45.3 Å². The average molecular weight is 398 g/mol. The van der Waals surface area contributed by atoms with E-state index < -0.39 is 17.5 Å². The first kappa shape index (κ1) is 18.7. The van der Waals surface area contributed by atoms with E-state index in [2.05, 4.69) is 25.5 Å². The van der Waals surface area contributed by atoms with Crippen LogP contribution in [0.4, 0.5) is 20.3 Å². The van der Waals surface area contributed by atoms with Crippen molar-refractivity contribution in [3.8, 4) is 5.75 Å². The topological polar surface area (TPSA) is 93.1 Å². The van der Waals surface area contributed by atoms with Crippen molar-refractivity contribution >= 4 is 17.4 Å². The molecule has 4 rings (SSSR count). The number of nitrogens with one attached hydrogen (secondary N) is 1. The number of halogens is 2. The highest BCUT2D eigenvalue weighted by atomic mass is 19.2. The number of hydrogen-bond acceptors (Lipinski definition) is 7. The van der Waals surface area contributed by atoms with Gasteiger partial charge in [-0.1, -0.05) is 0 Å². The molecule has 1 N–H and O–H groups in total. The van der Waals surface area contributed by atoms with E-state index in [4.69, 9.17) is 4.74 Å². The zero-order chi connectivity index (χ0) is 20.4. The van der Waals surface area contributed by atoms with E-state index in [-0.39, 0.29) is 17.5 Å². The summed E-state index contributed by atoms with van der Waals surface area (Å²) in [5.41, 5.74) is 1.33. The third-order valence-electron chi connectivity index (χ3n) is 4.27. The van der Waals surface area contributed by atoms with Gasteiger partial charge in [0.25, 0.3) is 5.91 Å². The molecule has 1 amide bonds. The lowest BCUT2D eigenvalue weighted by Gasteiger charge is -2.40. The smallest absolute Gasteiger partial charge is 0.278 e. The maximum atomic E-state index is 13.3. The van der Waals surface area contributed by atoms with Crippen molar-refractivity contribution < 1.29 is 18.3 Å². The normalized spacial score (nSPS) is 13.7. The van der Waals surface area contributed by atoms with Crippen molar-refractivity contribution in [1.82, 2.24) is 20.2 Å². The average Bonchev–Trinajstić information content (AvgIpc) is 2.67. The van der Waals surface area contributed by atoms with Crippen LogP contribution in [0, 0.1) is 18.6 Å². The van der Waals surface area contributed by atoms with Crippen LogP contribution >= 0.6 is 0 Å². The summed E-state index contributed by atoms with van der Waals surface area (Å²) in [6.07, 6.45) is 4.12. The molecular formula is C19H16F2N6O2. The molecule has 2 aromatic heterocycles. The van der Waals surface area contributed by atoms with Gasteiger partial charge in [-0.3, -0.25) is 4.79 Å². The summed E-state index contributed by atoms with van der Waals surface area (Å²) in [7, 11) is 0. The van der Waals surface area contributed by atoms with Crippen LogP contribution in [0.1, 0.15) is 16.2 Å². The fourth-order valence-corrected chi connectivity index (χ4v) is 2.88. The Bertz CT molecular complexity index is 1060. The van der Waals surface area contributed by atoms with E-state index in [9.17, 15) is 13.6 Å².